The Bertz CT molecular complexity index is 580. The van der Waals surface area contributed by atoms with Gasteiger partial charge in [0.05, 0.1) is 6.61 Å². The van der Waals surface area contributed by atoms with E-state index in [2.05, 4.69) is 19.2 Å². The third kappa shape index (κ3) is 5.90. The molecule has 2 atom stereocenters. The zero-order valence-electron chi connectivity index (χ0n) is 15.2. The van der Waals surface area contributed by atoms with Crippen molar-refractivity contribution < 1.29 is 14.3 Å². The molecule has 1 saturated carbocycles. The highest BCUT2D eigenvalue weighted by Gasteiger charge is 2.40. The number of alkyl carbamates (subject to hydrolysis) is 1. The van der Waals surface area contributed by atoms with Crippen molar-refractivity contribution in [3.8, 4) is 5.75 Å². The quantitative estimate of drug-likeness (QED) is 0.782. The summed E-state index contributed by atoms with van der Waals surface area (Å²) in [6.07, 6.45) is 0.657. The first-order valence-electron chi connectivity index (χ1n) is 8.55. The van der Waals surface area contributed by atoms with E-state index in [1.807, 2.05) is 39.0 Å². The molecule has 134 valence electrons. The van der Waals surface area contributed by atoms with Gasteiger partial charge in [-0.2, -0.15) is 0 Å². The molecule has 0 radical (unpaired) electrons. The number of ether oxygens (including phenoxy) is 2. The third-order valence-electron chi connectivity index (χ3n) is 3.77. The summed E-state index contributed by atoms with van der Waals surface area (Å²) in [5, 5.41) is 3.57. The molecule has 0 bridgehead atoms. The average molecular weight is 354 g/mol. The second-order valence-corrected chi connectivity index (χ2v) is 8.31. The van der Waals surface area contributed by atoms with Crippen LogP contribution in [0.1, 0.15) is 52.5 Å². The number of amides is 1. The van der Waals surface area contributed by atoms with E-state index in [0.717, 1.165) is 17.7 Å². The largest absolute Gasteiger partial charge is 0.493 e. The Hall–Kier alpha value is -1.42. The second-order valence-electron chi connectivity index (χ2n) is 7.87. The van der Waals surface area contributed by atoms with Crippen molar-refractivity contribution in [2.24, 2.45) is 11.8 Å². The fraction of sp³-hybridized carbons (Fsp3) is 0.632. The molecule has 0 aromatic heterocycles. The van der Waals surface area contributed by atoms with E-state index in [-0.39, 0.29) is 6.09 Å². The maximum absolute atomic E-state index is 11.8. The highest BCUT2D eigenvalue weighted by Crippen LogP contribution is 2.50. The molecule has 1 aliphatic rings. The second kappa shape index (κ2) is 7.64. The van der Waals surface area contributed by atoms with Crippen molar-refractivity contribution in [2.75, 3.05) is 13.2 Å². The van der Waals surface area contributed by atoms with Crippen LogP contribution < -0.4 is 10.1 Å². The third-order valence-corrected chi connectivity index (χ3v) is 4.01. The number of halogens is 1. The smallest absolute Gasteiger partial charge is 0.407 e. The van der Waals surface area contributed by atoms with Crippen molar-refractivity contribution in [1.29, 1.82) is 0 Å². The predicted octanol–water partition coefficient (Wildman–Crippen LogP) is 5.00. The highest BCUT2D eigenvalue weighted by molar-refractivity contribution is 6.30. The van der Waals surface area contributed by atoms with Gasteiger partial charge < -0.3 is 14.8 Å². The van der Waals surface area contributed by atoms with Gasteiger partial charge in [0, 0.05) is 11.6 Å². The first-order chi connectivity index (χ1) is 11.2. The summed E-state index contributed by atoms with van der Waals surface area (Å²) < 4.78 is 11.2. The van der Waals surface area contributed by atoms with Gasteiger partial charge in [-0.05, 0) is 68.7 Å². The lowest BCUT2D eigenvalue weighted by molar-refractivity contribution is 0.0525. The lowest BCUT2D eigenvalue weighted by Crippen LogP contribution is -2.33. The Balaban J connectivity index is 1.92. The number of hydrogen-bond acceptors (Lipinski definition) is 3. The Morgan fingerprint density at radius 3 is 2.71 bits per heavy atom. The van der Waals surface area contributed by atoms with Crippen molar-refractivity contribution in [1.82, 2.24) is 5.32 Å². The monoisotopic (exact) mass is 353 g/mol. The van der Waals surface area contributed by atoms with Gasteiger partial charge >= 0.3 is 6.09 Å². The van der Waals surface area contributed by atoms with Gasteiger partial charge in [-0.1, -0.05) is 25.4 Å². The lowest BCUT2D eigenvalue weighted by atomic mass is 10.1. The molecular formula is C19H28ClNO3. The maximum atomic E-state index is 11.8. The summed E-state index contributed by atoms with van der Waals surface area (Å²) in [6.45, 7) is 11.1. The molecule has 0 saturated heterocycles. The van der Waals surface area contributed by atoms with E-state index >= 15 is 0 Å². The van der Waals surface area contributed by atoms with E-state index in [4.69, 9.17) is 21.1 Å². The van der Waals surface area contributed by atoms with E-state index in [9.17, 15) is 4.79 Å². The van der Waals surface area contributed by atoms with Crippen LogP contribution in [-0.4, -0.2) is 24.8 Å². The molecule has 2 unspecified atom stereocenters. The molecule has 4 nitrogen and oxygen atoms in total. The standard InChI is InChI=1S/C19H28ClNO3/c1-12(2)11-23-17-7-6-14(20)9-16(17)15-8-13(15)10-21-18(22)24-19(3,4)5/h6-7,9,12-13,15H,8,10-11H2,1-5H3,(H,21,22). The fourth-order valence-electron chi connectivity index (χ4n) is 2.58. The van der Waals surface area contributed by atoms with Gasteiger partial charge in [0.25, 0.3) is 0 Å². The number of carbonyl (C=O) groups is 1. The first kappa shape index (κ1) is 18.9. The predicted molar refractivity (Wildman–Crippen MR) is 96.9 cm³/mol. The minimum absolute atomic E-state index is 0.365. The molecule has 1 N–H and O–H groups in total. The van der Waals surface area contributed by atoms with E-state index in [1.54, 1.807) is 0 Å². The molecule has 1 fully saturated rings. The zero-order chi connectivity index (χ0) is 17.9. The SMILES string of the molecule is CC(C)COc1ccc(Cl)cc1C1CC1CNC(=O)OC(C)(C)C. The van der Waals surface area contributed by atoms with Crippen LogP contribution >= 0.6 is 11.6 Å². The Labute approximate surface area is 149 Å². The number of nitrogens with one attached hydrogen (secondary N) is 1. The molecule has 5 heteroatoms. The fourth-order valence-corrected chi connectivity index (χ4v) is 2.76. The van der Waals surface area contributed by atoms with Crippen LogP contribution in [0.4, 0.5) is 4.79 Å². The van der Waals surface area contributed by atoms with Gasteiger partial charge in [0.15, 0.2) is 0 Å². The lowest BCUT2D eigenvalue weighted by Gasteiger charge is -2.19. The number of hydrogen-bond donors (Lipinski definition) is 1. The van der Waals surface area contributed by atoms with Crippen LogP contribution in [0.5, 0.6) is 5.75 Å². The topological polar surface area (TPSA) is 47.6 Å². The van der Waals surface area contributed by atoms with Crippen LogP contribution in [0.3, 0.4) is 0 Å². The minimum atomic E-state index is -0.474. The maximum Gasteiger partial charge on any atom is 0.407 e. The Morgan fingerprint density at radius 1 is 1.38 bits per heavy atom. The van der Waals surface area contributed by atoms with Crippen molar-refractivity contribution in [2.45, 2.75) is 52.6 Å². The zero-order valence-corrected chi connectivity index (χ0v) is 15.9. The summed E-state index contributed by atoms with van der Waals surface area (Å²) in [4.78, 5) is 11.8. The van der Waals surface area contributed by atoms with Gasteiger partial charge in [-0.3, -0.25) is 0 Å². The molecule has 0 heterocycles. The molecule has 1 aromatic carbocycles. The number of rotatable bonds is 6. The minimum Gasteiger partial charge on any atom is -0.493 e. The summed E-state index contributed by atoms with van der Waals surface area (Å²) in [6, 6.07) is 5.78. The van der Waals surface area contributed by atoms with Crippen molar-refractivity contribution in [3.63, 3.8) is 0 Å². The van der Waals surface area contributed by atoms with E-state index in [0.29, 0.717) is 35.9 Å². The van der Waals surface area contributed by atoms with Crippen LogP contribution in [0, 0.1) is 11.8 Å². The summed E-state index contributed by atoms with van der Waals surface area (Å²) in [5.74, 6) is 2.15. The molecule has 0 aliphatic heterocycles. The van der Waals surface area contributed by atoms with Gasteiger partial charge in [-0.15, -0.1) is 0 Å². The molecule has 2 rings (SSSR count). The molecule has 1 aliphatic carbocycles. The molecule has 1 amide bonds. The molecule has 0 spiro atoms. The van der Waals surface area contributed by atoms with Gasteiger partial charge in [-0.25, -0.2) is 4.79 Å². The number of carbonyl (C=O) groups excluding carboxylic acids is 1. The number of benzene rings is 1. The Kier molecular flexibility index (Phi) is 6.02. The van der Waals surface area contributed by atoms with E-state index < -0.39 is 5.60 Å². The normalized spacial score (nSPS) is 20.0. The van der Waals surface area contributed by atoms with Gasteiger partial charge in [0.1, 0.15) is 11.4 Å². The average Bonchev–Trinajstić information content (AvgIpc) is 3.21. The molecule has 1 aromatic rings. The summed E-state index contributed by atoms with van der Waals surface area (Å²) >= 11 is 6.15. The van der Waals surface area contributed by atoms with Crippen molar-refractivity contribution >= 4 is 17.7 Å². The van der Waals surface area contributed by atoms with Crippen LogP contribution in [0.25, 0.3) is 0 Å². The highest BCUT2D eigenvalue weighted by atomic mass is 35.5. The molecular weight excluding hydrogens is 326 g/mol. The summed E-state index contributed by atoms with van der Waals surface area (Å²) in [5.41, 5.74) is 0.664. The molecule has 24 heavy (non-hydrogen) atoms. The Morgan fingerprint density at radius 2 is 2.08 bits per heavy atom. The van der Waals surface area contributed by atoms with Gasteiger partial charge in [0.2, 0.25) is 0 Å². The van der Waals surface area contributed by atoms with E-state index in [1.165, 1.54) is 0 Å². The summed E-state index contributed by atoms with van der Waals surface area (Å²) in [7, 11) is 0. The first-order valence-corrected chi connectivity index (χ1v) is 8.92. The van der Waals surface area contributed by atoms with Crippen LogP contribution in [0.2, 0.25) is 5.02 Å². The van der Waals surface area contributed by atoms with Crippen LogP contribution in [0.15, 0.2) is 18.2 Å². The van der Waals surface area contributed by atoms with Crippen LogP contribution in [-0.2, 0) is 4.74 Å². The van der Waals surface area contributed by atoms with Crippen molar-refractivity contribution in [3.05, 3.63) is 28.8 Å².